The van der Waals surface area contributed by atoms with Crippen molar-refractivity contribution in [2.24, 2.45) is 0 Å². The summed E-state index contributed by atoms with van der Waals surface area (Å²) in [6, 6.07) is 21.1. The smallest absolute Gasteiger partial charge is 0.255 e. The third-order valence-electron chi connectivity index (χ3n) is 8.63. The molecule has 0 saturated heterocycles. The van der Waals surface area contributed by atoms with E-state index in [4.69, 9.17) is 30.3 Å². The van der Waals surface area contributed by atoms with Crippen LogP contribution in [0.3, 0.4) is 0 Å². The third-order valence-corrected chi connectivity index (χ3v) is 8.87. The molecule has 1 amide bonds. The van der Waals surface area contributed by atoms with Crippen molar-refractivity contribution in [2.75, 3.05) is 25.6 Å². The van der Waals surface area contributed by atoms with Crippen LogP contribution < -0.4 is 24.8 Å². The van der Waals surface area contributed by atoms with Crippen molar-refractivity contribution >= 4 is 23.2 Å². The van der Waals surface area contributed by atoms with E-state index in [2.05, 4.69) is 15.8 Å². The molecule has 4 aromatic carbocycles. The number of rotatable bonds is 15. The van der Waals surface area contributed by atoms with Crippen LogP contribution in [0.4, 0.5) is 5.69 Å². The second-order valence-electron chi connectivity index (χ2n) is 11.9. The maximum absolute atomic E-state index is 12.7. The zero-order chi connectivity index (χ0) is 35.9. The van der Waals surface area contributed by atoms with Crippen LogP contribution in [0.2, 0.25) is 5.02 Å². The van der Waals surface area contributed by atoms with Crippen molar-refractivity contribution in [3.05, 3.63) is 111 Å². The van der Waals surface area contributed by atoms with Gasteiger partial charge in [-0.2, -0.15) is 0 Å². The predicted octanol–water partition coefficient (Wildman–Crippen LogP) is 5.73. The van der Waals surface area contributed by atoms with Gasteiger partial charge < -0.3 is 49.8 Å². The second kappa shape index (κ2) is 16.3. The van der Waals surface area contributed by atoms with Crippen LogP contribution >= 0.6 is 11.6 Å². The van der Waals surface area contributed by atoms with Crippen LogP contribution in [0, 0.1) is 0 Å². The molecule has 0 aliphatic carbocycles. The fourth-order valence-corrected chi connectivity index (χ4v) is 6.10. The van der Waals surface area contributed by atoms with Crippen LogP contribution in [0.15, 0.2) is 77.3 Å². The van der Waals surface area contributed by atoms with E-state index in [0.29, 0.717) is 98.8 Å². The molecular formula is C38H38ClN3O9. The zero-order valence-electron chi connectivity index (χ0n) is 27.8. The van der Waals surface area contributed by atoms with Gasteiger partial charge in [-0.1, -0.05) is 22.8 Å². The van der Waals surface area contributed by atoms with Gasteiger partial charge >= 0.3 is 0 Å². The van der Waals surface area contributed by atoms with E-state index in [0.717, 1.165) is 11.1 Å². The van der Waals surface area contributed by atoms with Crippen molar-refractivity contribution in [3.8, 4) is 39.8 Å². The van der Waals surface area contributed by atoms with Gasteiger partial charge in [0.1, 0.15) is 17.6 Å². The molecule has 13 heteroatoms. The lowest BCUT2D eigenvalue weighted by Crippen LogP contribution is -2.38. The Labute approximate surface area is 299 Å². The highest BCUT2D eigenvalue weighted by Gasteiger charge is 2.25. The number of fused-ring (bicyclic) bond motifs is 1. The number of amides is 1. The summed E-state index contributed by atoms with van der Waals surface area (Å²) in [5.41, 5.74) is 5.90. The van der Waals surface area contributed by atoms with E-state index in [-0.39, 0.29) is 32.3 Å². The number of unbranched alkanes of at least 4 members (excludes halogenated alkanes) is 1. The number of carbonyl (C=O) groups is 1. The number of aliphatic hydroxyl groups excluding tert-OH is 4. The minimum absolute atomic E-state index is 0.230. The molecule has 1 unspecified atom stereocenters. The molecule has 0 radical (unpaired) electrons. The minimum atomic E-state index is -0.477. The Bertz CT molecular complexity index is 1990. The molecule has 6 N–H and O–H groups in total. The Hall–Kier alpha value is -5.11. The van der Waals surface area contributed by atoms with Crippen molar-refractivity contribution in [2.45, 2.75) is 45.4 Å². The van der Waals surface area contributed by atoms with Crippen molar-refractivity contribution < 1.29 is 44.0 Å². The number of aliphatic hydroxyl groups is 4. The average Bonchev–Trinajstić information content (AvgIpc) is 3.66. The summed E-state index contributed by atoms with van der Waals surface area (Å²) in [6.07, 6.45) is 0.885. The number of anilines is 1. The summed E-state index contributed by atoms with van der Waals surface area (Å²) < 4.78 is 23.2. The molecule has 2 heterocycles. The third kappa shape index (κ3) is 7.95. The molecule has 5 aromatic rings. The SMILES string of the molecule is COc1ccc(-c2cc(-c3cc(CO)c(CO)c(CO)c3)on2)cc1OCCCCOc1ccc(C2NC(=O)c3cc(Cl)ccc3N2)cc1CO. The molecule has 1 aromatic heterocycles. The largest absolute Gasteiger partial charge is 0.493 e. The molecule has 266 valence electrons. The van der Waals surface area contributed by atoms with E-state index in [1.807, 2.05) is 18.2 Å². The highest BCUT2D eigenvalue weighted by atomic mass is 35.5. The number of benzene rings is 4. The number of carbonyl (C=O) groups excluding carboxylic acids is 1. The molecule has 0 saturated carbocycles. The Morgan fingerprint density at radius 2 is 1.45 bits per heavy atom. The van der Waals surface area contributed by atoms with E-state index in [1.165, 1.54) is 0 Å². The minimum Gasteiger partial charge on any atom is -0.493 e. The Morgan fingerprint density at radius 3 is 2.14 bits per heavy atom. The number of aromatic nitrogens is 1. The number of halogens is 1. The number of nitrogens with one attached hydrogen (secondary N) is 2. The Balaban J connectivity index is 1.04. The summed E-state index contributed by atoms with van der Waals surface area (Å²) in [5.74, 6) is 1.85. The fraction of sp³-hybridized carbons (Fsp3) is 0.263. The lowest BCUT2D eigenvalue weighted by molar-refractivity contribution is 0.0935. The molecule has 1 aliphatic rings. The van der Waals surface area contributed by atoms with Crippen LogP contribution in [-0.2, 0) is 26.4 Å². The molecule has 51 heavy (non-hydrogen) atoms. The summed E-state index contributed by atoms with van der Waals surface area (Å²) in [6.45, 7) is -0.338. The summed E-state index contributed by atoms with van der Waals surface area (Å²) in [5, 5.41) is 50.2. The quantitative estimate of drug-likeness (QED) is 0.0730. The van der Waals surface area contributed by atoms with Gasteiger partial charge in [0.25, 0.3) is 5.91 Å². The van der Waals surface area contributed by atoms with Crippen LogP contribution in [0.25, 0.3) is 22.6 Å². The first-order valence-electron chi connectivity index (χ1n) is 16.3. The normalized spacial score (nSPS) is 13.7. The summed E-state index contributed by atoms with van der Waals surface area (Å²) in [4.78, 5) is 12.7. The van der Waals surface area contributed by atoms with E-state index in [1.54, 1.807) is 61.7 Å². The standard InChI is InChI=1S/C38H38ClN3O9/c1-48-34-9-4-22(32-17-35(51-42-32)24-13-25(18-43)30(21-46)26(14-24)19-44)15-36(34)50-11-3-2-10-49-33-8-5-23(12-27(33)20-45)37-40-31-7-6-28(39)16-29(31)38(47)41-37/h4-9,12-17,37,40,43-46H,2-3,10-11,18-21H2,1H3,(H,41,47). The van der Waals surface area contributed by atoms with Gasteiger partial charge in [0.15, 0.2) is 17.3 Å². The fourth-order valence-electron chi connectivity index (χ4n) is 5.93. The predicted molar refractivity (Wildman–Crippen MR) is 190 cm³/mol. The molecule has 0 fully saturated rings. The molecule has 1 aliphatic heterocycles. The van der Waals surface area contributed by atoms with Crippen LogP contribution in [-0.4, -0.2) is 51.8 Å². The Kier molecular flexibility index (Phi) is 11.4. The molecule has 1 atom stereocenters. The van der Waals surface area contributed by atoms with Gasteiger partial charge in [-0.15, -0.1) is 0 Å². The first-order chi connectivity index (χ1) is 24.8. The topological polar surface area (TPSA) is 176 Å². The van der Waals surface area contributed by atoms with Crippen LogP contribution in [0.5, 0.6) is 17.2 Å². The summed E-state index contributed by atoms with van der Waals surface area (Å²) >= 11 is 6.04. The molecule has 12 nitrogen and oxygen atoms in total. The monoisotopic (exact) mass is 715 g/mol. The number of hydrogen-bond acceptors (Lipinski definition) is 11. The number of methoxy groups -OCH3 is 1. The van der Waals surface area contributed by atoms with Gasteiger partial charge in [-0.05, 0) is 95.8 Å². The molecule has 0 spiro atoms. The summed E-state index contributed by atoms with van der Waals surface area (Å²) in [7, 11) is 1.56. The van der Waals surface area contributed by atoms with E-state index < -0.39 is 6.17 Å². The van der Waals surface area contributed by atoms with Crippen molar-refractivity contribution in [3.63, 3.8) is 0 Å². The number of nitrogens with zero attached hydrogens (tertiary/aromatic N) is 1. The number of ether oxygens (including phenoxy) is 3. The highest BCUT2D eigenvalue weighted by Crippen LogP contribution is 2.35. The van der Waals surface area contributed by atoms with E-state index in [9.17, 15) is 25.2 Å². The lowest BCUT2D eigenvalue weighted by Gasteiger charge is -2.28. The van der Waals surface area contributed by atoms with Gasteiger partial charge in [0.05, 0.1) is 52.3 Å². The van der Waals surface area contributed by atoms with Crippen molar-refractivity contribution in [1.82, 2.24) is 10.5 Å². The average molecular weight is 716 g/mol. The highest BCUT2D eigenvalue weighted by molar-refractivity contribution is 6.31. The van der Waals surface area contributed by atoms with Gasteiger partial charge in [-0.3, -0.25) is 4.79 Å². The van der Waals surface area contributed by atoms with Gasteiger partial charge in [0.2, 0.25) is 0 Å². The zero-order valence-corrected chi connectivity index (χ0v) is 28.6. The van der Waals surface area contributed by atoms with Crippen molar-refractivity contribution in [1.29, 1.82) is 0 Å². The van der Waals surface area contributed by atoms with E-state index >= 15 is 0 Å². The van der Waals surface area contributed by atoms with Gasteiger partial charge in [0, 0.05) is 33.5 Å². The maximum Gasteiger partial charge on any atom is 0.255 e. The second-order valence-corrected chi connectivity index (χ2v) is 12.3. The number of hydrogen-bond donors (Lipinski definition) is 6. The Morgan fingerprint density at radius 1 is 0.745 bits per heavy atom. The molecular weight excluding hydrogens is 678 g/mol. The molecule has 0 bridgehead atoms. The maximum atomic E-state index is 12.7. The first kappa shape index (κ1) is 35.7. The molecule has 6 rings (SSSR count). The van der Waals surface area contributed by atoms with Crippen LogP contribution in [0.1, 0.15) is 57.2 Å². The van der Waals surface area contributed by atoms with Gasteiger partial charge in [-0.25, -0.2) is 0 Å². The lowest BCUT2D eigenvalue weighted by atomic mass is 9.97. The first-order valence-corrected chi connectivity index (χ1v) is 16.7.